The van der Waals surface area contributed by atoms with E-state index in [9.17, 15) is 8.42 Å². The smallest absolute Gasteiger partial charge is 0.296 e. The van der Waals surface area contributed by atoms with E-state index in [2.05, 4.69) is 13.8 Å². The highest BCUT2D eigenvalue weighted by molar-refractivity contribution is 7.86. The first-order chi connectivity index (χ1) is 8.86. The Bertz CT molecular complexity index is 527. The molecule has 1 heterocycles. The van der Waals surface area contributed by atoms with E-state index in [0.717, 1.165) is 5.56 Å². The van der Waals surface area contributed by atoms with Crippen molar-refractivity contribution < 1.29 is 17.3 Å². The van der Waals surface area contributed by atoms with Crippen molar-refractivity contribution in [2.45, 2.75) is 25.7 Å². The third-order valence-electron chi connectivity index (χ3n) is 3.81. The summed E-state index contributed by atoms with van der Waals surface area (Å²) in [6.07, 6.45) is 0. The van der Waals surface area contributed by atoms with E-state index in [1.165, 1.54) is 0 Å². The Morgan fingerprint density at radius 1 is 1.26 bits per heavy atom. The Balaban J connectivity index is 2.08. The second kappa shape index (κ2) is 5.23. The largest absolute Gasteiger partial charge is 0.380 e. The molecule has 0 unspecified atom stereocenters. The Morgan fingerprint density at radius 3 is 2.26 bits per heavy atom. The van der Waals surface area contributed by atoms with Crippen molar-refractivity contribution in [1.29, 1.82) is 0 Å². The van der Waals surface area contributed by atoms with Gasteiger partial charge in [0.05, 0.1) is 24.7 Å². The lowest BCUT2D eigenvalue weighted by Gasteiger charge is -2.44. The number of hydrogen-bond acceptors (Lipinski definition) is 4. The first-order valence-electron chi connectivity index (χ1n) is 6.40. The second-order valence-corrected chi connectivity index (χ2v) is 7.15. The summed E-state index contributed by atoms with van der Waals surface area (Å²) in [6.45, 7) is 7.34. The molecule has 5 heteroatoms. The highest BCUT2D eigenvalue weighted by atomic mass is 32.2. The molecule has 1 aromatic rings. The summed E-state index contributed by atoms with van der Waals surface area (Å²) in [6, 6.07) is 6.68. The van der Waals surface area contributed by atoms with Crippen LogP contribution in [-0.2, 0) is 19.0 Å². The van der Waals surface area contributed by atoms with E-state index in [1.54, 1.807) is 24.3 Å². The molecule has 0 aromatic heterocycles. The molecule has 1 aromatic carbocycles. The molecule has 0 aliphatic carbocycles. The lowest BCUT2D eigenvalue weighted by Crippen LogP contribution is -2.50. The Kier molecular flexibility index (Phi) is 3.99. The minimum atomic E-state index is -3.68. The highest BCUT2D eigenvalue weighted by Gasteiger charge is 2.43. The summed E-state index contributed by atoms with van der Waals surface area (Å²) >= 11 is 0. The van der Waals surface area contributed by atoms with Crippen molar-refractivity contribution in [3.05, 3.63) is 29.8 Å². The van der Waals surface area contributed by atoms with Gasteiger partial charge < -0.3 is 4.74 Å². The first-order valence-corrected chi connectivity index (χ1v) is 7.80. The summed E-state index contributed by atoms with van der Waals surface area (Å²) < 4.78 is 34.6. The standard InChI is InChI=1S/C14H20O4S/c1-11(2)14(8-17-9-14)10-18-19(15,16)13-6-4-12(3)5-7-13/h4-7,11H,8-10H2,1-3H3. The van der Waals surface area contributed by atoms with Crippen molar-refractivity contribution in [2.75, 3.05) is 19.8 Å². The molecule has 0 spiro atoms. The predicted octanol–water partition coefficient (Wildman–Crippen LogP) is 2.37. The molecule has 0 amide bonds. The summed E-state index contributed by atoms with van der Waals surface area (Å²) in [5, 5.41) is 0. The molecule has 106 valence electrons. The number of benzene rings is 1. The van der Waals surface area contributed by atoms with Crippen LogP contribution in [0, 0.1) is 18.3 Å². The van der Waals surface area contributed by atoms with Crippen LogP contribution in [0.4, 0.5) is 0 Å². The predicted molar refractivity (Wildman–Crippen MR) is 72.4 cm³/mol. The average molecular weight is 284 g/mol. The van der Waals surface area contributed by atoms with Gasteiger partial charge in [-0.3, -0.25) is 4.18 Å². The van der Waals surface area contributed by atoms with Gasteiger partial charge in [0.15, 0.2) is 0 Å². The van der Waals surface area contributed by atoms with Crippen LogP contribution in [0.25, 0.3) is 0 Å². The molecule has 0 saturated carbocycles. The molecule has 4 nitrogen and oxygen atoms in total. The first kappa shape index (κ1) is 14.5. The van der Waals surface area contributed by atoms with Gasteiger partial charge in [-0.1, -0.05) is 31.5 Å². The van der Waals surface area contributed by atoms with Crippen molar-refractivity contribution in [2.24, 2.45) is 11.3 Å². The van der Waals surface area contributed by atoms with Gasteiger partial charge in [-0.15, -0.1) is 0 Å². The van der Waals surface area contributed by atoms with Crippen LogP contribution in [0.2, 0.25) is 0 Å². The third-order valence-corrected chi connectivity index (χ3v) is 5.09. The van der Waals surface area contributed by atoms with E-state index in [0.29, 0.717) is 19.1 Å². The SMILES string of the molecule is Cc1ccc(S(=O)(=O)OCC2(C(C)C)COC2)cc1. The zero-order chi connectivity index (χ0) is 14.1. The molecule has 19 heavy (non-hydrogen) atoms. The molecule has 0 N–H and O–H groups in total. The quantitative estimate of drug-likeness (QED) is 0.779. The molecular weight excluding hydrogens is 264 g/mol. The van der Waals surface area contributed by atoms with Gasteiger partial charge in [-0.25, -0.2) is 0 Å². The monoisotopic (exact) mass is 284 g/mol. The zero-order valence-corrected chi connectivity index (χ0v) is 12.4. The van der Waals surface area contributed by atoms with Gasteiger partial charge in [-0.2, -0.15) is 8.42 Å². The molecule has 0 radical (unpaired) electrons. The Hall–Kier alpha value is -0.910. The van der Waals surface area contributed by atoms with Gasteiger partial charge in [0.1, 0.15) is 0 Å². The fourth-order valence-electron chi connectivity index (χ4n) is 1.92. The van der Waals surface area contributed by atoms with Crippen LogP contribution in [0.5, 0.6) is 0 Å². The van der Waals surface area contributed by atoms with Crippen LogP contribution >= 0.6 is 0 Å². The van der Waals surface area contributed by atoms with Gasteiger partial charge in [-0.05, 0) is 25.0 Å². The third kappa shape index (κ3) is 2.99. The second-order valence-electron chi connectivity index (χ2n) is 5.54. The van der Waals surface area contributed by atoms with E-state index >= 15 is 0 Å². The lowest BCUT2D eigenvalue weighted by atomic mass is 9.76. The van der Waals surface area contributed by atoms with Crippen molar-refractivity contribution in [3.63, 3.8) is 0 Å². The fraction of sp³-hybridized carbons (Fsp3) is 0.571. The van der Waals surface area contributed by atoms with E-state index in [-0.39, 0.29) is 16.9 Å². The molecule has 0 atom stereocenters. The van der Waals surface area contributed by atoms with Gasteiger partial charge in [0.2, 0.25) is 0 Å². The Labute approximate surface area is 114 Å². The normalized spacial score (nSPS) is 18.3. The molecule has 0 bridgehead atoms. The summed E-state index contributed by atoms with van der Waals surface area (Å²) in [7, 11) is -3.68. The maximum Gasteiger partial charge on any atom is 0.296 e. The van der Waals surface area contributed by atoms with Gasteiger partial charge in [0, 0.05) is 5.41 Å². The number of hydrogen-bond donors (Lipinski definition) is 0. The van der Waals surface area contributed by atoms with Crippen LogP contribution in [0.1, 0.15) is 19.4 Å². The molecular formula is C14H20O4S. The van der Waals surface area contributed by atoms with Crippen molar-refractivity contribution in [1.82, 2.24) is 0 Å². The highest BCUT2D eigenvalue weighted by Crippen LogP contribution is 2.36. The van der Waals surface area contributed by atoms with Crippen molar-refractivity contribution >= 4 is 10.1 Å². The molecule has 1 aliphatic rings. The van der Waals surface area contributed by atoms with Crippen molar-refractivity contribution in [3.8, 4) is 0 Å². The number of ether oxygens (including phenoxy) is 1. The minimum absolute atomic E-state index is 0.169. The average Bonchev–Trinajstić information content (AvgIpc) is 2.27. The van der Waals surface area contributed by atoms with Gasteiger partial charge >= 0.3 is 0 Å². The topological polar surface area (TPSA) is 52.6 Å². The van der Waals surface area contributed by atoms with Crippen LogP contribution in [0.15, 0.2) is 29.2 Å². The number of aryl methyl sites for hydroxylation is 1. The van der Waals surface area contributed by atoms with Gasteiger partial charge in [0.25, 0.3) is 10.1 Å². The van der Waals surface area contributed by atoms with E-state index < -0.39 is 10.1 Å². The number of rotatable bonds is 5. The van der Waals surface area contributed by atoms with Crippen LogP contribution < -0.4 is 0 Å². The van der Waals surface area contributed by atoms with Crippen LogP contribution in [-0.4, -0.2) is 28.2 Å². The fourth-order valence-corrected chi connectivity index (χ4v) is 2.91. The Morgan fingerprint density at radius 2 is 1.84 bits per heavy atom. The maximum absolute atomic E-state index is 12.1. The molecule has 1 aliphatic heterocycles. The molecule has 2 rings (SSSR count). The summed E-state index contributed by atoms with van der Waals surface area (Å²) in [5.41, 5.74) is 0.850. The summed E-state index contributed by atoms with van der Waals surface area (Å²) in [4.78, 5) is 0.206. The zero-order valence-electron chi connectivity index (χ0n) is 11.5. The van der Waals surface area contributed by atoms with Crippen LogP contribution in [0.3, 0.4) is 0 Å². The van der Waals surface area contributed by atoms with E-state index in [1.807, 2.05) is 6.92 Å². The maximum atomic E-state index is 12.1. The van der Waals surface area contributed by atoms with E-state index in [4.69, 9.17) is 8.92 Å². The molecule has 1 saturated heterocycles. The minimum Gasteiger partial charge on any atom is -0.380 e. The summed E-state index contributed by atoms with van der Waals surface area (Å²) in [5.74, 6) is 0.328. The lowest BCUT2D eigenvalue weighted by molar-refractivity contribution is -0.155. The molecule has 1 fully saturated rings.